The van der Waals surface area contributed by atoms with E-state index in [9.17, 15) is 9.59 Å². The van der Waals surface area contributed by atoms with E-state index in [0.717, 1.165) is 11.8 Å². The number of rotatable bonds is 9. The van der Waals surface area contributed by atoms with Gasteiger partial charge in [0.25, 0.3) is 5.91 Å². The molecule has 1 aliphatic rings. The largest absolute Gasteiger partial charge is 0.478 e. The first-order valence-electron chi connectivity index (χ1n) is 10.8. The standard InChI is InChI=1S/C22H37N3O4/c1-6-15-8-16(7-2)10-17(9-15)12-23-18(26)13-28-19-11-20(25-21(27)24-19)29-14-22(3,4)5/h11,15-17H,6-10,12-14H2,1-5H3,(H,23,26)(H,24,25,27). The van der Waals surface area contributed by atoms with Crippen LogP contribution in [0.3, 0.4) is 0 Å². The normalized spacial score (nSPS) is 22.2. The van der Waals surface area contributed by atoms with Crippen molar-refractivity contribution in [3.05, 3.63) is 16.6 Å². The van der Waals surface area contributed by atoms with Gasteiger partial charge in [-0.15, -0.1) is 0 Å². The Hall–Kier alpha value is -2.05. The summed E-state index contributed by atoms with van der Waals surface area (Å²) in [5.74, 6) is 2.22. The van der Waals surface area contributed by atoms with Gasteiger partial charge in [0, 0.05) is 6.54 Å². The molecule has 0 radical (unpaired) electrons. The highest BCUT2D eigenvalue weighted by Crippen LogP contribution is 2.36. The fourth-order valence-corrected chi connectivity index (χ4v) is 3.84. The maximum absolute atomic E-state index is 12.2. The highest BCUT2D eigenvalue weighted by Gasteiger charge is 2.27. The molecule has 1 fully saturated rings. The molecule has 1 aromatic heterocycles. The Morgan fingerprint density at radius 3 is 2.34 bits per heavy atom. The van der Waals surface area contributed by atoms with E-state index in [0.29, 0.717) is 19.1 Å². The number of nitrogens with one attached hydrogen (secondary N) is 2. The molecule has 0 saturated heterocycles. The van der Waals surface area contributed by atoms with Crippen LogP contribution in [0.2, 0.25) is 0 Å². The lowest BCUT2D eigenvalue weighted by Gasteiger charge is -2.34. The molecule has 1 saturated carbocycles. The average molecular weight is 408 g/mol. The van der Waals surface area contributed by atoms with Gasteiger partial charge in [0.1, 0.15) is 0 Å². The number of hydrogen-bond acceptors (Lipinski definition) is 5. The molecule has 1 aliphatic carbocycles. The third kappa shape index (κ3) is 8.46. The van der Waals surface area contributed by atoms with Crippen LogP contribution in [0.15, 0.2) is 10.9 Å². The molecule has 7 heteroatoms. The van der Waals surface area contributed by atoms with Crippen LogP contribution in [0, 0.1) is 23.2 Å². The topological polar surface area (TPSA) is 93.3 Å². The fourth-order valence-electron chi connectivity index (χ4n) is 3.84. The van der Waals surface area contributed by atoms with Crippen LogP contribution in [0.5, 0.6) is 11.8 Å². The van der Waals surface area contributed by atoms with Gasteiger partial charge in [0.2, 0.25) is 5.88 Å². The van der Waals surface area contributed by atoms with Gasteiger partial charge in [-0.2, -0.15) is 4.98 Å². The van der Waals surface area contributed by atoms with Crippen molar-refractivity contribution in [1.29, 1.82) is 0 Å². The summed E-state index contributed by atoms with van der Waals surface area (Å²) in [5, 5.41) is 2.98. The van der Waals surface area contributed by atoms with E-state index in [2.05, 4.69) is 29.1 Å². The van der Waals surface area contributed by atoms with Gasteiger partial charge in [-0.25, -0.2) is 4.79 Å². The van der Waals surface area contributed by atoms with E-state index in [1.165, 1.54) is 38.2 Å². The van der Waals surface area contributed by atoms with Crippen LogP contribution >= 0.6 is 0 Å². The van der Waals surface area contributed by atoms with Gasteiger partial charge < -0.3 is 14.8 Å². The Balaban J connectivity index is 1.81. The van der Waals surface area contributed by atoms with Gasteiger partial charge in [-0.3, -0.25) is 9.78 Å². The van der Waals surface area contributed by atoms with Gasteiger partial charge in [0.15, 0.2) is 12.5 Å². The number of ether oxygens (including phenoxy) is 2. The van der Waals surface area contributed by atoms with Crippen molar-refractivity contribution < 1.29 is 14.3 Å². The first-order valence-corrected chi connectivity index (χ1v) is 10.8. The molecule has 0 spiro atoms. The Labute approximate surface area is 174 Å². The van der Waals surface area contributed by atoms with Crippen molar-refractivity contribution in [2.24, 2.45) is 23.2 Å². The van der Waals surface area contributed by atoms with Crippen molar-refractivity contribution in [3.8, 4) is 11.8 Å². The van der Waals surface area contributed by atoms with Crippen LogP contribution in [0.4, 0.5) is 0 Å². The lowest BCUT2D eigenvalue weighted by atomic mass is 9.73. The van der Waals surface area contributed by atoms with E-state index in [1.54, 1.807) is 0 Å². The molecule has 2 unspecified atom stereocenters. The molecule has 0 aliphatic heterocycles. The Kier molecular flexibility index (Phi) is 8.53. The number of nitrogens with zero attached hydrogens (tertiary/aromatic N) is 1. The fraction of sp³-hybridized carbons (Fsp3) is 0.773. The predicted octanol–water partition coefficient (Wildman–Crippen LogP) is 3.54. The first-order chi connectivity index (χ1) is 13.7. The molecule has 0 aromatic carbocycles. The number of aromatic amines is 1. The second-order valence-electron chi connectivity index (χ2n) is 9.45. The van der Waals surface area contributed by atoms with Gasteiger partial charge in [-0.1, -0.05) is 47.5 Å². The molecule has 7 nitrogen and oxygen atoms in total. The smallest absolute Gasteiger partial charge is 0.351 e. The first kappa shape index (κ1) is 23.2. The minimum absolute atomic E-state index is 0.0479. The highest BCUT2D eigenvalue weighted by atomic mass is 16.5. The summed E-state index contributed by atoms with van der Waals surface area (Å²) in [4.78, 5) is 30.2. The zero-order valence-corrected chi connectivity index (χ0v) is 18.5. The lowest BCUT2D eigenvalue weighted by molar-refractivity contribution is -0.123. The van der Waals surface area contributed by atoms with Crippen molar-refractivity contribution in [1.82, 2.24) is 15.3 Å². The van der Waals surface area contributed by atoms with E-state index >= 15 is 0 Å². The predicted molar refractivity (Wildman–Crippen MR) is 113 cm³/mol. The summed E-state index contributed by atoms with van der Waals surface area (Å²) in [7, 11) is 0. The third-order valence-electron chi connectivity index (χ3n) is 5.45. The minimum Gasteiger partial charge on any atom is -0.478 e. The SMILES string of the molecule is CCC1CC(CC)CC(CNC(=O)COc2cc(OCC(C)(C)C)[nH]c(=O)n2)C1. The van der Waals surface area contributed by atoms with E-state index in [4.69, 9.17) is 9.47 Å². The monoisotopic (exact) mass is 407 g/mol. The van der Waals surface area contributed by atoms with Crippen LogP contribution in [-0.4, -0.2) is 35.6 Å². The quantitative estimate of drug-likeness (QED) is 0.653. The number of amides is 1. The van der Waals surface area contributed by atoms with E-state index < -0.39 is 5.69 Å². The number of H-pyrrole nitrogens is 1. The maximum Gasteiger partial charge on any atom is 0.351 e. The molecule has 2 atom stereocenters. The van der Waals surface area contributed by atoms with E-state index in [-0.39, 0.29) is 29.7 Å². The summed E-state index contributed by atoms with van der Waals surface area (Å²) in [6.07, 6.45) is 6.08. The zero-order chi connectivity index (χ0) is 21.4. The molecule has 29 heavy (non-hydrogen) atoms. The van der Waals surface area contributed by atoms with Gasteiger partial charge >= 0.3 is 5.69 Å². The average Bonchev–Trinajstić information content (AvgIpc) is 2.68. The molecule has 2 rings (SSSR count). The summed E-state index contributed by atoms with van der Waals surface area (Å²) >= 11 is 0. The lowest BCUT2D eigenvalue weighted by Crippen LogP contribution is -2.36. The molecule has 1 aromatic rings. The Morgan fingerprint density at radius 2 is 1.76 bits per heavy atom. The van der Waals surface area contributed by atoms with Crippen LogP contribution in [0.25, 0.3) is 0 Å². The summed E-state index contributed by atoms with van der Waals surface area (Å²) in [6.45, 7) is 11.5. The molecular formula is C22H37N3O4. The minimum atomic E-state index is -0.565. The van der Waals surface area contributed by atoms with Crippen molar-refractivity contribution in [2.45, 2.75) is 66.7 Å². The number of hydrogen-bond donors (Lipinski definition) is 2. The van der Waals surface area contributed by atoms with Crippen LogP contribution in [-0.2, 0) is 4.79 Å². The Bertz CT molecular complexity index is 699. The van der Waals surface area contributed by atoms with Crippen molar-refractivity contribution >= 4 is 5.91 Å². The number of aromatic nitrogens is 2. The summed E-state index contributed by atoms with van der Waals surface area (Å²) < 4.78 is 11.0. The van der Waals surface area contributed by atoms with Crippen molar-refractivity contribution in [3.63, 3.8) is 0 Å². The number of carbonyl (C=O) groups is 1. The van der Waals surface area contributed by atoms with E-state index in [1.807, 2.05) is 20.8 Å². The van der Waals surface area contributed by atoms with Gasteiger partial charge in [0.05, 0.1) is 12.7 Å². The highest BCUT2D eigenvalue weighted by molar-refractivity contribution is 5.77. The molecule has 1 amide bonds. The molecule has 164 valence electrons. The second kappa shape index (κ2) is 10.6. The van der Waals surface area contributed by atoms with Crippen LogP contribution in [0.1, 0.15) is 66.7 Å². The Morgan fingerprint density at radius 1 is 1.14 bits per heavy atom. The number of carbonyl (C=O) groups excluding carboxylic acids is 1. The molecular weight excluding hydrogens is 370 g/mol. The molecule has 2 N–H and O–H groups in total. The second-order valence-corrected chi connectivity index (χ2v) is 9.45. The third-order valence-corrected chi connectivity index (χ3v) is 5.45. The summed E-state index contributed by atoms with van der Waals surface area (Å²) in [5.41, 5.74) is -0.612. The zero-order valence-electron chi connectivity index (χ0n) is 18.5. The maximum atomic E-state index is 12.2. The molecule has 0 bridgehead atoms. The molecule has 1 heterocycles. The van der Waals surface area contributed by atoms with Crippen molar-refractivity contribution in [2.75, 3.05) is 19.8 Å². The van der Waals surface area contributed by atoms with Crippen LogP contribution < -0.4 is 20.5 Å². The van der Waals surface area contributed by atoms with Gasteiger partial charge in [-0.05, 0) is 42.4 Å². The summed E-state index contributed by atoms with van der Waals surface area (Å²) in [6, 6.07) is 1.50.